The molecule has 0 unspecified atom stereocenters. The van der Waals surface area contributed by atoms with Gasteiger partial charge in [-0.15, -0.1) is 5.10 Å². The minimum absolute atomic E-state index is 0.0145. The summed E-state index contributed by atoms with van der Waals surface area (Å²) in [7, 11) is -3.57. The molecule has 0 aliphatic carbocycles. The van der Waals surface area contributed by atoms with Crippen LogP contribution in [0.4, 0.5) is 6.01 Å². The Morgan fingerprint density at radius 2 is 1.93 bits per heavy atom. The Kier molecular flexibility index (Phi) is 5.66. The van der Waals surface area contributed by atoms with Gasteiger partial charge in [-0.1, -0.05) is 11.5 Å². The summed E-state index contributed by atoms with van der Waals surface area (Å²) in [5.41, 5.74) is 0.299. The zero-order chi connectivity index (χ0) is 20.4. The van der Waals surface area contributed by atoms with Crippen molar-refractivity contribution in [3.63, 3.8) is 0 Å². The van der Waals surface area contributed by atoms with E-state index in [1.54, 1.807) is 0 Å². The van der Waals surface area contributed by atoms with Crippen LogP contribution in [0.15, 0.2) is 33.6 Å². The van der Waals surface area contributed by atoms with E-state index >= 15 is 0 Å². The van der Waals surface area contributed by atoms with E-state index in [0.717, 1.165) is 32.1 Å². The molecule has 4 rings (SSSR count). The number of carbonyl (C=O) groups excluding carboxylic acids is 1. The van der Waals surface area contributed by atoms with E-state index in [1.807, 2.05) is 6.92 Å². The Morgan fingerprint density at radius 1 is 1.14 bits per heavy atom. The quantitative estimate of drug-likeness (QED) is 0.791. The summed E-state index contributed by atoms with van der Waals surface area (Å²) < 4.78 is 38.2. The first-order chi connectivity index (χ1) is 13.9. The number of aromatic nitrogens is 2. The first-order valence-corrected chi connectivity index (χ1v) is 11.3. The number of ether oxygens (including phenoxy) is 1. The van der Waals surface area contributed by atoms with Crippen LogP contribution in [0.5, 0.6) is 0 Å². The Balaban J connectivity index is 1.44. The van der Waals surface area contributed by atoms with Gasteiger partial charge < -0.3 is 9.15 Å². The van der Waals surface area contributed by atoms with E-state index in [2.05, 4.69) is 15.5 Å². The van der Waals surface area contributed by atoms with Gasteiger partial charge in [-0.2, -0.15) is 4.31 Å². The van der Waals surface area contributed by atoms with Crippen molar-refractivity contribution in [3.05, 3.63) is 35.7 Å². The molecule has 3 heterocycles. The number of anilines is 1. The van der Waals surface area contributed by atoms with Gasteiger partial charge in [0.1, 0.15) is 6.10 Å². The zero-order valence-corrected chi connectivity index (χ0v) is 17.0. The Bertz CT molecular complexity index is 967. The van der Waals surface area contributed by atoms with Gasteiger partial charge >= 0.3 is 6.01 Å². The van der Waals surface area contributed by atoms with Gasteiger partial charge in [0, 0.05) is 24.8 Å². The second-order valence-corrected chi connectivity index (χ2v) is 9.28. The number of piperidine rings is 1. The fourth-order valence-corrected chi connectivity index (χ4v) is 5.40. The number of nitrogens with one attached hydrogen (secondary N) is 1. The monoisotopic (exact) mass is 420 g/mol. The second kappa shape index (κ2) is 8.21. The topological polar surface area (TPSA) is 115 Å². The van der Waals surface area contributed by atoms with E-state index in [1.165, 1.54) is 28.6 Å². The van der Waals surface area contributed by atoms with Gasteiger partial charge in [0.25, 0.3) is 5.91 Å². The molecule has 2 atom stereocenters. The Hall–Kier alpha value is -2.30. The van der Waals surface area contributed by atoms with Gasteiger partial charge in [0.2, 0.25) is 15.9 Å². The lowest BCUT2D eigenvalue weighted by molar-refractivity contribution is 0.0893. The van der Waals surface area contributed by atoms with Gasteiger partial charge in [-0.3, -0.25) is 10.1 Å². The van der Waals surface area contributed by atoms with Gasteiger partial charge in [-0.25, -0.2) is 8.42 Å². The Labute approximate surface area is 169 Å². The predicted octanol–water partition coefficient (Wildman–Crippen LogP) is 2.74. The van der Waals surface area contributed by atoms with Crippen LogP contribution in [0.2, 0.25) is 0 Å². The average molecular weight is 420 g/mol. The molecular weight excluding hydrogens is 396 g/mol. The molecule has 1 aromatic carbocycles. The minimum Gasteiger partial charge on any atom is -0.405 e. The summed E-state index contributed by atoms with van der Waals surface area (Å²) >= 11 is 0. The van der Waals surface area contributed by atoms with Crippen LogP contribution in [0.25, 0.3) is 0 Å². The number of amides is 1. The van der Waals surface area contributed by atoms with Crippen molar-refractivity contribution in [1.82, 2.24) is 14.5 Å². The third kappa shape index (κ3) is 4.19. The van der Waals surface area contributed by atoms with Crippen molar-refractivity contribution >= 4 is 21.9 Å². The molecular formula is C19H24N4O5S. The van der Waals surface area contributed by atoms with Gasteiger partial charge in [0.15, 0.2) is 0 Å². The third-order valence-electron chi connectivity index (χ3n) is 5.33. The number of sulfonamides is 1. The standard InChI is InChI=1S/C19H24N4O5S/c1-13-5-2-3-11-23(13)29(25,26)15-9-7-14(8-10-15)17(24)20-19-22-21-18(28-19)16-6-4-12-27-16/h7-10,13,16H,2-6,11-12H2,1H3,(H,20,22,24)/t13-,16+/m1/s1. The lowest BCUT2D eigenvalue weighted by Crippen LogP contribution is -2.41. The molecule has 2 aromatic rings. The molecule has 0 saturated carbocycles. The zero-order valence-electron chi connectivity index (χ0n) is 16.2. The SMILES string of the molecule is C[C@@H]1CCCCN1S(=O)(=O)c1ccc(C(=O)Nc2nnc([C@@H]3CCCO3)o2)cc1. The molecule has 2 saturated heterocycles. The van der Waals surface area contributed by atoms with Crippen molar-refractivity contribution in [2.45, 2.75) is 56.1 Å². The molecule has 2 aliphatic heterocycles. The maximum atomic E-state index is 12.9. The highest BCUT2D eigenvalue weighted by Crippen LogP contribution is 2.28. The van der Waals surface area contributed by atoms with E-state index in [4.69, 9.17) is 9.15 Å². The molecule has 1 amide bonds. The van der Waals surface area contributed by atoms with Crippen LogP contribution in [-0.2, 0) is 14.8 Å². The molecule has 0 bridgehead atoms. The minimum atomic E-state index is -3.57. The molecule has 10 heteroatoms. The van der Waals surface area contributed by atoms with Gasteiger partial charge in [-0.05, 0) is 56.9 Å². The van der Waals surface area contributed by atoms with E-state index in [9.17, 15) is 13.2 Å². The van der Waals surface area contributed by atoms with Crippen LogP contribution >= 0.6 is 0 Å². The lowest BCUT2D eigenvalue weighted by atomic mass is 10.1. The number of rotatable bonds is 5. The first-order valence-electron chi connectivity index (χ1n) is 9.83. The summed E-state index contributed by atoms with van der Waals surface area (Å²) in [6, 6.07) is 5.84. The number of nitrogens with zero attached hydrogens (tertiary/aromatic N) is 3. The van der Waals surface area contributed by atoms with Gasteiger partial charge in [0.05, 0.1) is 4.90 Å². The van der Waals surface area contributed by atoms with Crippen molar-refractivity contribution in [2.24, 2.45) is 0 Å². The molecule has 1 aromatic heterocycles. The van der Waals surface area contributed by atoms with Crippen LogP contribution in [0.1, 0.15) is 61.4 Å². The molecule has 2 fully saturated rings. The highest BCUT2D eigenvalue weighted by molar-refractivity contribution is 7.89. The van der Waals surface area contributed by atoms with E-state index in [0.29, 0.717) is 24.6 Å². The maximum Gasteiger partial charge on any atom is 0.322 e. The molecule has 0 radical (unpaired) electrons. The highest BCUT2D eigenvalue weighted by Gasteiger charge is 2.31. The fourth-order valence-electron chi connectivity index (χ4n) is 3.70. The van der Waals surface area contributed by atoms with E-state index in [-0.39, 0.29) is 23.1 Å². The predicted molar refractivity (Wildman–Crippen MR) is 104 cm³/mol. The van der Waals surface area contributed by atoms with Crippen LogP contribution in [0.3, 0.4) is 0 Å². The van der Waals surface area contributed by atoms with Crippen LogP contribution < -0.4 is 5.32 Å². The van der Waals surface area contributed by atoms with E-state index < -0.39 is 15.9 Å². The summed E-state index contributed by atoms with van der Waals surface area (Å²) in [6.45, 7) is 3.10. The molecule has 29 heavy (non-hydrogen) atoms. The molecule has 2 aliphatic rings. The number of benzene rings is 1. The van der Waals surface area contributed by atoms with Crippen molar-refractivity contribution in [2.75, 3.05) is 18.5 Å². The van der Waals surface area contributed by atoms with Crippen molar-refractivity contribution < 1.29 is 22.4 Å². The lowest BCUT2D eigenvalue weighted by Gasteiger charge is -2.32. The average Bonchev–Trinajstić information content (AvgIpc) is 3.40. The molecule has 0 spiro atoms. The maximum absolute atomic E-state index is 12.9. The van der Waals surface area contributed by atoms with Crippen molar-refractivity contribution in [3.8, 4) is 0 Å². The summed E-state index contributed by atoms with van der Waals surface area (Å²) in [4.78, 5) is 12.6. The fraction of sp³-hybridized carbons (Fsp3) is 0.526. The second-order valence-electron chi connectivity index (χ2n) is 7.39. The third-order valence-corrected chi connectivity index (χ3v) is 7.36. The molecule has 9 nitrogen and oxygen atoms in total. The largest absolute Gasteiger partial charge is 0.405 e. The number of carbonyl (C=O) groups is 1. The summed E-state index contributed by atoms with van der Waals surface area (Å²) in [6.07, 6.45) is 4.27. The summed E-state index contributed by atoms with van der Waals surface area (Å²) in [5, 5.41) is 10.3. The summed E-state index contributed by atoms with van der Waals surface area (Å²) in [5.74, 6) is -0.113. The van der Waals surface area contributed by atoms with Crippen molar-refractivity contribution in [1.29, 1.82) is 0 Å². The van der Waals surface area contributed by atoms with Crippen LogP contribution in [-0.4, -0.2) is 48.0 Å². The number of hydrogen-bond donors (Lipinski definition) is 1. The number of hydrogen-bond acceptors (Lipinski definition) is 7. The Morgan fingerprint density at radius 3 is 2.62 bits per heavy atom. The molecule has 1 N–H and O–H groups in total. The van der Waals surface area contributed by atoms with Crippen LogP contribution in [0, 0.1) is 0 Å². The molecule has 156 valence electrons. The smallest absolute Gasteiger partial charge is 0.322 e. The normalized spacial score (nSPS) is 23.2. The highest BCUT2D eigenvalue weighted by atomic mass is 32.2. The first kappa shape index (κ1) is 20.0.